The zero-order chi connectivity index (χ0) is 12.1. The summed E-state index contributed by atoms with van der Waals surface area (Å²) in [5.41, 5.74) is 7.44. The number of hydrogen-bond acceptors (Lipinski definition) is 5. The van der Waals surface area contributed by atoms with Crippen LogP contribution in [-0.2, 0) is 0 Å². The molecule has 0 saturated heterocycles. The lowest BCUT2D eigenvalue weighted by Crippen LogP contribution is -2.07. The minimum Gasteiger partial charge on any atom is -0.393 e. The first-order valence-corrected chi connectivity index (χ1v) is 5.47. The van der Waals surface area contributed by atoms with E-state index in [1.807, 2.05) is 37.3 Å². The number of benzene rings is 1. The number of nitrogen functional groups attached to an aromatic ring is 1. The van der Waals surface area contributed by atoms with Gasteiger partial charge < -0.3 is 16.4 Å². The van der Waals surface area contributed by atoms with Crippen LogP contribution in [0.5, 0.6) is 0 Å². The number of nitrogens with one attached hydrogen (secondary N) is 2. The van der Waals surface area contributed by atoms with E-state index in [0.717, 1.165) is 12.2 Å². The highest BCUT2D eigenvalue weighted by Gasteiger charge is 2.06. The molecule has 2 aromatic rings. The van der Waals surface area contributed by atoms with Crippen molar-refractivity contribution in [2.75, 3.05) is 22.9 Å². The van der Waals surface area contributed by atoms with E-state index in [2.05, 4.69) is 20.6 Å². The Labute approximate surface area is 100 Å². The summed E-state index contributed by atoms with van der Waals surface area (Å²) in [6, 6.07) is 9.76. The average Bonchev–Trinajstić information content (AvgIpc) is 2.36. The van der Waals surface area contributed by atoms with Crippen LogP contribution in [0.2, 0.25) is 0 Å². The second-order valence-corrected chi connectivity index (χ2v) is 3.51. The molecule has 1 aromatic carbocycles. The molecule has 88 valence electrons. The Morgan fingerprint density at radius 2 is 1.82 bits per heavy atom. The Hall–Kier alpha value is -2.30. The summed E-state index contributed by atoms with van der Waals surface area (Å²) >= 11 is 0. The van der Waals surface area contributed by atoms with Crippen molar-refractivity contribution in [3.05, 3.63) is 36.7 Å². The zero-order valence-electron chi connectivity index (χ0n) is 9.64. The number of anilines is 4. The molecule has 0 unspecified atom stereocenters. The monoisotopic (exact) mass is 229 g/mol. The molecular formula is C12H15N5. The molecule has 17 heavy (non-hydrogen) atoms. The Morgan fingerprint density at radius 3 is 2.53 bits per heavy atom. The number of aromatic nitrogens is 2. The third-order valence-electron chi connectivity index (χ3n) is 2.26. The van der Waals surface area contributed by atoms with Gasteiger partial charge in [-0.1, -0.05) is 18.2 Å². The van der Waals surface area contributed by atoms with Gasteiger partial charge in [0.05, 0.1) is 0 Å². The topological polar surface area (TPSA) is 75.9 Å². The summed E-state index contributed by atoms with van der Waals surface area (Å²) in [4.78, 5) is 8.21. The van der Waals surface area contributed by atoms with Crippen LogP contribution in [0.15, 0.2) is 36.7 Å². The van der Waals surface area contributed by atoms with Gasteiger partial charge >= 0.3 is 0 Å². The molecule has 0 aliphatic carbocycles. The predicted molar refractivity (Wildman–Crippen MR) is 70.3 cm³/mol. The van der Waals surface area contributed by atoms with Crippen molar-refractivity contribution in [1.29, 1.82) is 0 Å². The number of nitrogens with two attached hydrogens (primary N) is 1. The highest BCUT2D eigenvalue weighted by molar-refractivity contribution is 5.77. The van der Waals surface area contributed by atoms with E-state index in [4.69, 9.17) is 5.73 Å². The second kappa shape index (κ2) is 5.16. The van der Waals surface area contributed by atoms with Gasteiger partial charge in [0, 0.05) is 12.2 Å². The van der Waals surface area contributed by atoms with Gasteiger partial charge in [-0.05, 0) is 19.1 Å². The Balaban J connectivity index is 2.24. The van der Waals surface area contributed by atoms with Crippen LogP contribution in [0.3, 0.4) is 0 Å². The summed E-state index contributed by atoms with van der Waals surface area (Å²) in [6.45, 7) is 2.76. The lowest BCUT2D eigenvalue weighted by atomic mass is 10.3. The van der Waals surface area contributed by atoms with Crippen molar-refractivity contribution in [2.24, 2.45) is 0 Å². The van der Waals surface area contributed by atoms with Crippen molar-refractivity contribution in [3.8, 4) is 0 Å². The largest absolute Gasteiger partial charge is 0.393 e. The maximum Gasteiger partial charge on any atom is 0.159 e. The average molecular weight is 229 g/mol. The lowest BCUT2D eigenvalue weighted by Gasteiger charge is -2.11. The minimum atomic E-state index is 0.526. The molecule has 5 heteroatoms. The van der Waals surface area contributed by atoms with Crippen molar-refractivity contribution in [1.82, 2.24) is 9.97 Å². The van der Waals surface area contributed by atoms with Crippen LogP contribution < -0.4 is 16.4 Å². The highest BCUT2D eigenvalue weighted by atomic mass is 15.1. The van der Waals surface area contributed by atoms with Gasteiger partial charge in [0.2, 0.25) is 0 Å². The Kier molecular flexibility index (Phi) is 3.40. The van der Waals surface area contributed by atoms with Crippen molar-refractivity contribution < 1.29 is 0 Å². The predicted octanol–water partition coefficient (Wildman–Crippen LogP) is 2.23. The molecule has 0 saturated carbocycles. The van der Waals surface area contributed by atoms with Crippen molar-refractivity contribution in [2.45, 2.75) is 6.92 Å². The summed E-state index contributed by atoms with van der Waals surface area (Å²) < 4.78 is 0. The van der Waals surface area contributed by atoms with Gasteiger partial charge in [-0.15, -0.1) is 0 Å². The molecule has 0 fully saturated rings. The van der Waals surface area contributed by atoms with E-state index in [-0.39, 0.29) is 0 Å². The van der Waals surface area contributed by atoms with Gasteiger partial charge in [-0.3, -0.25) is 0 Å². The smallest absolute Gasteiger partial charge is 0.159 e. The number of hydrogen-bond donors (Lipinski definition) is 3. The first-order chi connectivity index (χ1) is 8.31. The highest BCUT2D eigenvalue weighted by Crippen LogP contribution is 2.25. The fourth-order valence-corrected chi connectivity index (χ4v) is 1.46. The van der Waals surface area contributed by atoms with Gasteiger partial charge in [-0.2, -0.15) is 0 Å². The van der Waals surface area contributed by atoms with Gasteiger partial charge in [-0.25, -0.2) is 9.97 Å². The summed E-state index contributed by atoms with van der Waals surface area (Å²) in [7, 11) is 0. The lowest BCUT2D eigenvalue weighted by molar-refractivity contribution is 1.12. The van der Waals surface area contributed by atoms with Crippen LogP contribution in [-0.4, -0.2) is 16.5 Å². The maximum absolute atomic E-state index is 5.97. The van der Waals surface area contributed by atoms with Crippen LogP contribution in [0.1, 0.15) is 6.92 Å². The normalized spacial score (nSPS) is 9.94. The maximum atomic E-state index is 5.97. The van der Waals surface area contributed by atoms with Gasteiger partial charge in [0.25, 0.3) is 0 Å². The van der Waals surface area contributed by atoms with Gasteiger partial charge in [0.1, 0.15) is 12.0 Å². The number of para-hydroxylation sites is 1. The molecule has 0 bridgehead atoms. The fraction of sp³-hybridized carbons (Fsp3) is 0.167. The number of rotatable bonds is 4. The Morgan fingerprint density at radius 1 is 1.12 bits per heavy atom. The SMILES string of the molecule is CCNc1ncnc(Nc2ccccc2)c1N. The van der Waals surface area contributed by atoms with E-state index in [0.29, 0.717) is 17.3 Å². The second-order valence-electron chi connectivity index (χ2n) is 3.51. The van der Waals surface area contributed by atoms with Crippen molar-refractivity contribution >= 4 is 23.0 Å². The first kappa shape index (κ1) is 11.2. The molecule has 1 aromatic heterocycles. The quantitative estimate of drug-likeness (QED) is 0.749. The molecule has 0 aliphatic rings. The molecule has 1 heterocycles. The summed E-state index contributed by atoms with van der Waals surface area (Å²) in [6.07, 6.45) is 1.49. The Bertz CT molecular complexity index is 484. The van der Waals surface area contributed by atoms with Crippen LogP contribution in [0.25, 0.3) is 0 Å². The van der Waals surface area contributed by atoms with E-state index < -0.39 is 0 Å². The fourth-order valence-electron chi connectivity index (χ4n) is 1.46. The van der Waals surface area contributed by atoms with Crippen LogP contribution >= 0.6 is 0 Å². The minimum absolute atomic E-state index is 0.526. The van der Waals surface area contributed by atoms with E-state index >= 15 is 0 Å². The molecule has 0 amide bonds. The van der Waals surface area contributed by atoms with E-state index in [9.17, 15) is 0 Å². The van der Waals surface area contributed by atoms with Crippen LogP contribution in [0.4, 0.5) is 23.0 Å². The molecule has 0 atom stereocenters. The molecular weight excluding hydrogens is 214 g/mol. The van der Waals surface area contributed by atoms with E-state index in [1.54, 1.807) is 0 Å². The summed E-state index contributed by atoms with van der Waals surface area (Å²) in [5, 5.41) is 6.24. The third-order valence-corrected chi connectivity index (χ3v) is 2.26. The van der Waals surface area contributed by atoms with Gasteiger partial charge in [0.15, 0.2) is 11.6 Å². The van der Waals surface area contributed by atoms with E-state index in [1.165, 1.54) is 6.33 Å². The first-order valence-electron chi connectivity index (χ1n) is 5.47. The number of nitrogens with zero attached hydrogens (tertiary/aromatic N) is 2. The zero-order valence-corrected chi connectivity index (χ0v) is 9.64. The molecule has 0 radical (unpaired) electrons. The van der Waals surface area contributed by atoms with Crippen molar-refractivity contribution in [3.63, 3.8) is 0 Å². The molecule has 2 rings (SSSR count). The molecule has 4 N–H and O–H groups in total. The molecule has 0 aliphatic heterocycles. The van der Waals surface area contributed by atoms with Crippen LogP contribution in [0, 0.1) is 0 Å². The molecule has 5 nitrogen and oxygen atoms in total. The summed E-state index contributed by atoms with van der Waals surface area (Å²) in [5.74, 6) is 1.27. The molecule has 0 spiro atoms. The third kappa shape index (κ3) is 2.63. The standard InChI is InChI=1S/C12H15N5/c1-2-14-11-10(13)12(16-8-15-11)17-9-6-4-3-5-7-9/h3-8H,2,13H2,1H3,(H2,14,15,16,17).